The Morgan fingerprint density at radius 1 is 0.971 bits per heavy atom. The van der Waals surface area contributed by atoms with Gasteiger partial charge >= 0.3 is 0 Å². The molecule has 0 saturated carbocycles. The Balaban J connectivity index is 1.43. The van der Waals surface area contributed by atoms with Gasteiger partial charge in [0.15, 0.2) is 0 Å². The van der Waals surface area contributed by atoms with Crippen LogP contribution in [-0.4, -0.2) is 49.3 Å². The fourth-order valence-corrected chi connectivity index (χ4v) is 4.37. The summed E-state index contributed by atoms with van der Waals surface area (Å²) in [5, 5.41) is 22.5. The number of carbonyl (C=O) groups excluding carboxylic acids is 1. The number of amides is 1. The van der Waals surface area contributed by atoms with Crippen LogP contribution in [0.2, 0.25) is 0 Å². The number of tetrazole rings is 1. The topological polar surface area (TPSA) is 93.4 Å². The molecule has 4 aromatic rings. The molecule has 34 heavy (non-hydrogen) atoms. The summed E-state index contributed by atoms with van der Waals surface area (Å²) < 4.78 is 7.31. The predicted octanol–water partition coefficient (Wildman–Crippen LogP) is 2.96. The molecule has 8 nitrogen and oxygen atoms in total. The number of rotatable bonds is 6. The quantitative estimate of drug-likeness (QED) is 0.481. The minimum Gasteiger partial charge on any atom is -0.491 e. The van der Waals surface area contributed by atoms with Crippen molar-refractivity contribution < 1.29 is 14.6 Å². The van der Waals surface area contributed by atoms with Crippen LogP contribution < -0.4 is 4.74 Å². The molecule has 1 amide bonds. The summed E-state index contributed by atoms with van der Waals surface area (Å²) in [5.41, 5.74) is 3.70. The smallest absolute Gasteiger partial charge is 0.244 e. The molecule has 0 aliphatic carbocycles. The van der Waals surface area contributed by atoms with E-state index < -0.39 is 6.10 Å². The van der Waals surface area contributed by atoms with E-state index in [4.69, 9.17) is 4.74 Å². The van der Waals surface area contributed by atoms with Crippen LogP contribution in [0.4, 0.5) is 0 Å². The number of aliphatic hydroxyl groups excluding tert-OH is 1. The summed E-state index contributed by atoms with van der Waals surface area (Å²) in [6.45, 7) is 1.31. The number of aromatic nitrogens is 4. The molecule has 5 rings (SSSR count). The molecule has 0 bridgehead atoms. The molecule has 3 aromatic carbocycles. The minimum atomic E-state index is -0.774. The van der Waals surface area contributed by atoms with Crippen molar-refractivity contribution in [1.29, 1.82) is 0 Å². The maximum absolute atomic E-state index is 12.8. The van der Waals surface area contributed by atoms with E-state index in [1.165, 1.54) is 11.0 Å². The van der Waals surface area contributed by atoms with E-state index in [-0.39, 0.29) is 18.4 Å². The third-order valence-corrected chi connectivity index (χ3v) is 6.08. The van der Waals surface area contributed by atoms with Crippen LogP contribution in [0.5, 0.6) is 5.75 Å². The van der Waals surface area contributed by atoms with Crippen LogP contribution in [0.1, 0.15) is 34.3 Å². The van der Waals surface area contributed by atoms with Gasteiger partial charge in [-0.25, -0.2) is 4.68 Å². The molecule has 172 valence electrons. The summed E-state index contributed by atoms with van der Waals surface area (Å²) >= 11 is 0. The highest BCUT2D eigenvalue weighted by atomic mass is 16.5. The molecule has 1 atom stereocenters. The zero-order valence-corrected chi connectivity index (χ0v) is 18.6. The summed E-state index contributed by atoms with van der Waals surface area (Å²) in [6, 6.07) is 25.7. The SMILES string of the molecule is O=C(Cn1cnnn1)N1CCOc2ccc([C@@H](O)C(c3ccccc3)c3ccccc3)cc2C1. The number of benzene rings is 3. The van der Waals surface area contributed by atoms with Crippen molar-refractivity contribution >= 4 is 5.91 Å². The predicted molar refractivity (Wildman–Crippen MR) is 125 cm³/mol. The lowest BCUT2D eigenvalue weighted by Gasteiger charge is -2.25. The highest BCUT2D eigenvalue weighted by Gasteiger charge is 2.27. The fraction of sp³-hybridized carbons (Fsp3) is 0.231. The first-order chi connectivity index (χ1) is 16.7. The van der Waals surface area contributed by atoms with Gasteiger partial charge in [-0.3, -0.25) is 4.79 Å². The zero-order chi connectivity index (χ0) is 23.3. The molecule has 0 radical (unpaired) electrons. The third-order valence-electron chi connectivity index (χ3n) is 6.08. The number of hydrogen-bond acceptors (Lipinski definition) is 6. The van der Waals surface area contributed by atoms with Gasteiger partial charge in [0, 0.05) is 18.0 Å². The van der Waals surface area contributed by atoms with E-state index in [2.05, 4.69) is 15.5 Å². The van der Waals surface area contributed by atoms with Crippen molar-refractivity contribution in [3.8, 4) is 5.75 Å². The second-order valence-corrected chi connectivity index (χ2v) is 8.28. The normalized spacial score (nSPS) is 14.2. The van der Waals surface area contributed by atoms with Gasteiger partial charge in [-0.05, 0) is 39.2 Å². The fourth-order valence-electron chi connectivity index (χ4n) is 4.37. The lowest BCUT2D eigenvalue weighted by atomic mass is 9.83. The average Bonchev–Trinajstić information content (AvgIpc) is 3.29. The Labute approximate surface area is 197 Å². The molecule has 8 heteroatoms. The van der Waals surface area contributed by atoms with Crippen molar-refractivity contribution in [2.45, 2.75) is 25.1 Å². The third kappa shape index (κ3) is 4.67. The summed E-state index contributed by atoms with van der Waals surface area (Å²) in [7, 11) is 0. The lowest BCUT2D eigenvalue weighted by molar-refractivity contribution is -0.132. The minimum absolute atomic E-state index is 0.0642. The highest BCUT2D eigenvalue weighted by molar-refractivity contribution is 5.76. The van der Waals surface area contributed by atoms with Gasteiger partial charge in [0.1, 0.15) is 25.2 Å². The molecule has 0 fully saturated rings. The molecular weight excluding hydrogens is 430 g/mol. The van der Waals surface area contributed by atoms with Crippen molar-refractivity contribution in [3.63, 3.8) is 0 Å². The van der Waals surface area contributed by atoms with Gasteiger partial charge in [0.25, 0.3) is 0 Å². The second-order valence-electron chi connectivity index (χ2n) is 8.28. The molecule has 0 spiro atoms. The van der Waals surface area contributed by atoms with Crippen LogP contribution in [-0.2, 0) is 17.9 Å². The molecular formula is C26H25N5O3. The first kappa shape index (κ1) is 21.8. The van der Waals surface area contributed by atoms with Crippen LogP contribution in [0, 0.1) is 0 Å². The summed E-state index contributed by atoms with van der Waals surface area (Å²) in [4.78, 5) is 14.6. The number of nitrogens with zero attached hydrogens (tertiary/aromatic N) is 5. The van der Waals surface area contributed by atoms with E-state index in [1.807, 2.05) is 78.9 Å². The van der Waals surface area contributed by atoms with E-state index in [1.54, 1.807) is 4.90 Å². The van der Waals surface area contributed by atoms with Crippen LogP contribution in [0.3, 0.4) is 0 Å². The van der Waals surface area contributed by atoms with E-state index >= 15 is 0 Å². The highest BCUT2D eigenvalue weighted by Crippen LogP contribution is 2.38. The number of aliphatic hydroxyl groups is 1. The van der Waals surface area contributed by atoms with Crippen molar-refractivity contribution in [2.24, 2.45) is 0 Å². The van der Waals surface area contributed by atoms with Crippen molar-refractivity contribution in [3.05, 3.63) is 107 Å². The molecule has 0 saturated heterocycles. The lowest BCUT2D eigenvalue weighted by Crippen LogP contribution is -2.35. The van der Waals surface area contributed by atoms with E-state index in [9.17, 15) is 9.90 Å². The first-order valence-corrected chi connectivity index (χ1v) is 11.2. The monoisotopic (exact) mass is 455 g/mol. The molecule has 0 unspecified atom stereocenters. The van der Waals surface area contributed by atoms with Gasteiger partial charge < -0.3 is 14.7 Å². The number of hydrogen-bond donors (Lipinski definition) is 1. The van der Waals surface area contributed by atoms with Crippen LogP contribution in [0.25, 0.3) is 0 Å². The molecule has 2 heterocycles. The average molecular weight is 456 g/mol. The molecule has 1 aliphatic rings. The van der Waals surface area contributed by atoms with Gasteiger partial charge in [-0.15, -0.1) is 5.10 Å². The summed E-state index contributed by atoms with van der Waals surface area (Å²) in [6.07, 6.45) is 0.644. The van der Waals surface area contributed by atoms with Crippen LogP contribution in [0.15, 0.2) is 85.2 Å². The Hall–Kier alpha value is -4.04. The van der Waals surface area contributed by atoms with Crippen LogP contribution >= 0.6 is 0 Å². The first-order valence-electron chi connectivity index (χ1n) is 11.2. The largest absolute Gasteiger partial charge is 0.491 e. The van der Waals surface area contributed by atoms with Gasteiger partial charge in [0.2, 0.25) is 5.91 Å². The maximum atomic E-state index is 12.8. The number of fused-ring (bicyclic) bond motifs is 1. The number of ether oxygens (including phenoxy) is 1. The van der Waals surface area contributed by atoms with E-state index in [0.29, 0.717) is 19.7 Å². The Morgan fingerprint density at radius 3 is 2.32 bits per heavy atom. The molecule has 1 N–H and O–H groups in total. The Morgan fingerprint density at radius 2 is 1.68 bits per heavy atom. The van der Waals surface area contributed by atoms with Gasteiger partial charge in [-0.1, -0.05) is 66.7 Å². The maximum Gasteiger partial charge on any atom is 0.244 e. The molecule has 1 aromatic heterocycles. The van der Waals surface area contributed by atoms with Gasteiger partial charge in [-0.2, -0.15) is 0 Å². The second kappa shape index (κ2) is 9.84. The molecule has 1 aliphatic heterocycles. The summed E-state index contributed by atoms with van der Waals surface area (Å²) in [5.74, 6) is 0.399. The van der Waals surface area contributed by atoms with Crippen molar-refractivity contribution in [2.75, 3.05) is 13.2 Å². The van der Waals surface area contributed by atoms with Gasteiger partial charge in [0.05, 0.1) is 12.6 Å². The van der Waals surface area contributed by atoms with E-state index in [0.717, 1.165) is 28.0 Å². The standard InChI is InChI=1S/C26H25N5O3/c32-24(17-31-18-27-28-29-31)30-13-14-34-23-12-11-21(15-22(23)16-30)26(33)25(19-7-3-1-4-8-19)20-9-5-2-6-10-20/h1-12,15,18,25-26,33H,13-14,16-17H2/t26-/m1/s1. The Kier molecular flexibility index (Phi) is 6.31. The Bertz CT molecular complexity index is 1190. The van der Waals surface area contributed by atoms with Crippen molar-refractivity contribution in [1.82, 2.24) is 25.1 Å². The number of carbonyl (C=O) groups is 1. The zero-order valence-electron chi connectivity index (χ0n) is 18.6.